The summed E-state index contributed by atoms with van der Waals surface area (Å²) in [7, 11) is 0. The van der Waals surface area contributed by atoms with Gasteiger partial charge in [0.05, 0.1) is 36.7 Å². The fourth-order valence-electron chi connectivity index (χ4n) is 5.33. The summed E-state index contributed by atoms with van der Waals surface area (Å²) in [4.78, 5) is 12.5. The van der Waals surface area contributed by atoms with E-state index in [4.69, 9.17) is 4.74 Å². The number of ether oxygens (including phenoxy) is 1. The lowest BCUT2D eigenvalue weighted by Crippen LogP contribution is -2.34. The van der Waals surface area contributed by atoms with Crippen molar-refractivity contribution in [3.63, 3.8) is 0 Å². The van der Waals surface area contributed by atoms with Gasteiger partial charge in [0, 0.05) is 17.5 Å². The van der Waals surface area contributed by atoms with Crippen molar-refractivity contribution in [1.29, 1.82) is 0 Å². The fourth-order valence-corrected chi connectivity index (χ4v) is 5.33. The summed E-state index contributed by atoms with van der Waals surface area (Å²) in [5.41, 5.74) is 4.82. The number of aromatic nitrogens is 2. The van der Waals surface area contributed by atoms with E-state index in [1.807, 2.05) is 10.9 Å². The molecule has 0 bridgehead atoms. The number of hydrogen-bond donors (Lipinski definition) is 1. The van der Waals surface area contributed by atoms with E-state index in [0.717, 1.165) is 36.2 Å². The van der Waals surface area contributed by atoms with Crippen molar-refractivity contribution >= 4 is 12.0 Å². The van der Waals surface area contributed by atoms with Crippen molar-refractivity contribution in [2.75, 3.05) is 6.54 Å². The minimum Gasteiger partial charge on any atom is -0.373 e. The van der Waals surface area contributed by atoms with Crippen LogP contribution in [0, 0.1) is 11.2 Å². The van der Waals surface area contributed by atoms with Gasteiger partial charge in [-0.05, 0) is 66.8 Å². The molecule has 1 aromatic heterocycles. The van der Waals surface area contributed by atoms with Crippen LogP contribution in [0.1, 0.15) is 53.4 Å². The molecule has 1 fully saturated rings. The molecule has 2 aliphatic rings. The summed E-state index contributed by atoms with van der Waals surface area (Å²) < 4.78 is 58.9. The van der Waals surface area contributed by atoms with Crippen molar-refractivity contribution in [1.82, 2.24) is 15.1 Å². The number of nitrogens with one attached hydrogen (secondary N) is 1. The average molecular weight is 514 g/mol. The zero-order valence-electron chi connectivity index (χ0n) is 20.3. The molecular weight excluding hydrogens is 486 g/mol. The van der Waals surface area contributed by atoms with Crippen molar-refractivity contribution < 1.29 is 27.1 Å². The van der Waals surface area contributed by atoms with E-state index in [1.54, 1.807) is 36.4 Å². The molecule has 1 heterocycles. The Morgan fingerprint density at radius 1 is 1.19 bits per heavy atom. The summed E-state index contributed by atoms with van der Waals surface area (Å²) in [6, 6.07) is 13.1. The topological polar surface area (TPSA) is 56.2 Å². The van der Waals surface area contributed by atoms with Gasteiger partial charge in [-0.3, -0.25) is 4.79 Å². The van der Waals surface area contributed by atoms with E-state index in [2.05, 4.69) is 23.4 Å². The number of carbonyl (C=O) groups is 1. The summed E-state index contributed by atoms with van der Waals surface area (Å²) >= 11 is 0. The third-order valence-electron chi connectivity index (χ3n) is 7.34. The first-order chi connectivity index (χ1) is 17.6. The first-order valence-corrected chi connectivity index (χ1v) is 12.2. The Bertz CT molecular complexity index is 1330. The number of fused-ring (bicyclic) bond motifs is 2. The first kappa shape index (κ1) is 25.2. The van der Waals surface area contributed by atoms with Crippen LogP contribution in [0.3, 0.4) is 0 Å². The molecule has 194 valence electrons. The molecule has 37 heavy (non-hydrogen) atoms. The van der Waals surface area contributed by atoms with Crippen LogP contribution >= 0.6 is 0 Å². The zero-order valence-corrected chi connectivity index (χ0v) is 20.3. The van der Waals surface area contributed by atoms with Crippen LogP contribution in [-0.4, -0.2) is 34.5 Å². The maximum absolute atomic E-state index is 13.4. The van der Waals surface area contributed by atoms with Crippen LogP contribution in [0.2, 0.25) is 0 Å². The number of benzene rings is 2. The van der Waals surface area contributed by atoms with E-state index in [0.29, 0.717) is 11.1 Å². The van der Waals surface area contributed by atoms with Gasteiger partial charge in [-0.2, -0.15) is 18.3 Å². The molecule has 0 radical (unpaired) electrons. The minimum absolute atomic E-state index is 0.0950. The molecule has 1 amide bonds. The average Bonchev–Trinajstić information content (AvgIpc) is 3.40. The summed E-state index contributed by atoms with van der Waals surface area (Å²) in [5, 5.41) is 6.89. The third kappa shape index (κ3) is 5.18. The molecule has 5 nitrogen and oxygen atoms in total. The second-order valence-electron chi connectivity index (χ2n) is 9.82. The number of nitrogens with zero attached hydrogens (tertiary/aromatic N) is 2. The highest BCUT2D eigenvalue weighted by molar-refractivity contribution is 5.95. The maximum Gasteiger partial charge on any atom is 0.390 e. The molecule has 1 N–H and O–H groups in total. The molecule has 0 unspecified atom stereocenters. The third-order valence-corrected chi connectivity index (χ3v) is 7.34. The van der Waals surface area contributed by atoms with Crippen LogP contribution in [0.25, 0.3) is 11.8 Å². The van der Waals surface area contributed by atoms with Crippen LogP contribution in [0.5, 0.6) is 0 Å². The Morgan fingerprint density at radius 3 is 2.70 bits per heavy atom. The van der Waals surface area contributed by atoms with Gasteiger partial charge >= 0.3 is 6.18 Å². The number of alkyl halides is 3. The van der Waals surface area contributed by atoms with Crippen LogP contribution in [-0.2, 0) is 17.8 Å². The number of hydrogen-bond acceptors (Lipinski definition) is 3. The molecule has 2 aromatic carbocycles. The van der Waals surface area contributed by atoms with Gasteiger partial charge in [0.2, 0.25) is 0 Å². The van der Waals surface area contributed by atoms with E-state index in [-0.39, 0.29) is 23.9 Å². The van der Waals surface area contributed by atoms with Crippen molar-refractivity contribution in [3.8, 4) is 5.69 Å². The van der Waals surface area contributed by atoms with Gasteiger partial charge in [0.25, 0.3) is 5.91 Å². The molecule has 1 saturated carbocycles. The summed E-state index contributed by atoms with van der Waals surface area (Å²) in [5.74, 6) is -0.843. The zero-order chi connectivity index (χ0) is 26.2. The lowest BCUT2D eigenvalue weighted by atomic mass is 9.74. The molecular formula is C28H27F4N3O2. The second-order valence-corrected chi connectivity index (χ2v) is 9.82. The molecule has 3 aromatic rings. The van der Waals surface area contributed by atoms with Crippen molar-refractivity contribution in [2.24, 2.45) is 5.41 Å². The lowest BCUT2D eigenvalue weighted by Gasteiger charge is -2.35. The fraction of sp³-hybridized carbons (Fsp3) is 0.357. The van der Waals surface area contributed by atoms with Crippen LogP contribution in [0.15, 0.2) is 60.3 Å². The smallest absolute Gasteiger partial charge is 0.373 e. The monoisotopic (exact) mass is 513 g/mol. The number of halogens is 4. The van der Waals surface area contributed by atoms with Gasteiger partial charge in [0.1, 0.15) is 5.82 Å². The first-order valence-electron chi connectivity index (χ1n) is 12.2. The maximum atomic E-state index is 13.4. The Morgan fingerprint density at radius 2 is 1.95 bits per heavy atom. The molecule has 9 heteroatoms. The summed E-state index contributed by atoms with van der Waals surface area (Å²) in [6.45, 7) is 1.88. The van der Waals surface area contributed by atoms with Gasteiger partial charge < -0.3 is 10.1 Å². The Labute approximate surface area is 212 Å². The van der Waals surface area contributed by atoms with Gasteiger partial charge in [-0.1, -0.05) is 30.7 Å². The quantitative estimate of drug-likeness (QED) is 0.393. The largest absolute Gasteiger partial charge is 0.390 e. The number of amides is 1. The van der Waals surface area contributed by atoms with Crippen molar-refractivity contribution in [3.05, 3.63) is 88.5 Å². The lowest BCUT2D eigenvalue weighted by molar-refractivity contribution is -0.133. The second kappa shape index (κ2) is 9.78. The Balaban J connectivity index is 1.29. The van der Waals surface area contributed by atoms with Crippen LogP contribution < -0.4 is 5.32 Å². The van der Waals surface area contributed by atoms with E-state index in [9.17, 15) is 22.4 Å². The SMILES string of the molecule is C[C@]12Cc3cnn(-c4ccc(F)cc4)c3C=C1CC[C@@H]2OCc1ccccc1C(=O)NCCC(F)(F)F. The standard InChI is InChI=1S/C28H27F4N3O2/c1-27-15-19-16-34-35(22-9-7-21(29)8-10-22)24(19)14-20(27)6-11-25(27)37-17-18-4-2-3-5-23(18)26(36)33-13-12-28(30,31)32/h2-5,7-10,14,16,25H,6,11-13,15,17H2,1H3,(H,33,36)/t25-,27-/m0/s1. The van der Waals surface area contributed by atoms with E-state index < -0.39 is 25.0 Å². The predicted octanol–water partition coefficient (Wildman–Crippen LogP) is 6.02. The van der Waals surface area contributed by atoms with Crippen molar-refractivity contribution in [2.45, 2.75) is 51.5 Å². The molecule has 5 rings (SSSR count). The normalized spacial score (nSPS) is 20.8. The van der Waals surface area contributed by atoms with Gasteiger partial charge in [-0.25, -0.2) is 9.07 Å². The Kier molecular flexibility index (Phi) is 6.66. The van der Waals surface area contributed by atoms with E-state index in [1.165, 1.54) is 17.7 Å². The van der Waals surface area contributed by atoms with E-state index >= 15 is 0 Å². The van der Waals surface area contributed by atoms with Gasteiger partial charge in [0.15, 0.2) is 0 Å². The molecule has 0 aliphatic heterocycles. The summed E-state index contributed by atoms with van der Waals surface area (Å²) in [6.07, 6.45) is 0.905. The van der Waals surface area contributed by atoms with Gasteiger partial charge in [-0.15, -0.1) is 0 Å². The highest BCUT2D eigenvalue weighted by atomic mass is 19.4. The molecule has 2 atom stereocenters. The molecule has 2 aliphatic carbocycles. The number of rotatable bonds is 7. The van der Waals surface area contributed by atoms with Crippen LogP contribution in [0.4, 0.5) is 17.6 Å². The Hall–Kier alpha value is -3.46. The highest BCUT2D eigenvalue weighted by Gasteiger charge is 2.46. The molecule has 0 saturated heterocycles. The predicted molar refractivity (Wildman–Crippen MR) is 131 cm³/mol. The molecule has 0 spiro atoms. The highest BCUT2D eigenvalue weighted by Crippen LogP contribution is 2.51. The minimum atomic E-state index is -4.32. The number of carbonyl (C=O) groups excluding carboxylic acids is 1.